The molecule has 0 bridgehead atoms. The van der Waals surface area contributed by atoms with Crippen LogP contribution < -0.4 is 10.6 Å². The Morgan fingerprint density at radius 2 is 2.06 bits per heavy atom. The zero-order valence-electron chi connectivity index (χ0n) is 9.88. The quantitative estimate of drug-likeness (QED) is 0.578. The molecule has 0 fully saturated rings. The van der Waals surface area contributed by atoms with Crippen LogP contribution in [0, 0.1) is 0 Å². The summed E-state index contributed by atoms with van der Waals surface area (Å²) < 4.78 is 0. The van der Waals surface area contributed by atoms with Crippen LogP contribution >= 0.6 is 0 Å². The van der Waals surface area contributed by atoms with Crippen molar-refractivity contribution in [3.63, 3.8) is 0 Å². The monoisotopic (exact) mass is 228 g/mol. The van der Waals surface area contributed by atoms with Crippen molar-refractivity contribution in [2.75, 3.05) is 6.54 Å². The lowest BCUT2D eigenvalue weighted by molar-refractivity contribution is -0.137. The molecule has 0 spiro atoms. The smallest absolute Gasteiger partial charge is 0.315 e. The van der Waals surface area contributed by atoms with Gasteiger partial charge in [0, 0.05) is 12.6 Å². The second-order valence-corrected chi connectivity index (χ2v) is 3.87. The molecule has 0 saturated heterocycles. The van der Waals surface area contributed by atoms with E-state index >= 15 is 0 Å². The van der Waals surface area contributed by atoms with E-state index in [1.165, 1.54) is 0 Å². The first kappa shape index (κ1) is 14.5. The highest BCUT2D eigenvalue weighted by atomic mass is 16.4. The first-order valence-corrected chi connectivity index (χ1v) is 5.36. The Morgan fingerprint density at radius 1 is 1.44 bits per heavy atom. The van der Waals surface area contributed by atoms with Crippen LogP contribution in [0.3, 0.4) is 0 Å². The minimum absolute atomic E-state index is 0.0473. The Bertz CT molecular complexity index is 264. The van der Waals surface area contributed by atoms with E-state index in [9.17, 15) is 9.59 Å². The molecular formula is C11H20N2O3. The summed E-state index contributed by atoms with van der Waals surface area (Å²) in [5, 5.41) is 13.9. The number of rotatable bonds is 7. The van der Waals surface area contributed by atoms with Crippen LogP contribution in [-0.4, -0.2) is 29.7 Å². The highest BCUT2D eigenvalue weighted by Crippen LogP contribution is 2.01. The van der Waals surface area contributed by atoms with Gasteiger partial charge in [0.15, 0.2) is 0 Å². The lowest BCUT2D eigenvalue weighted by Gasteiger charge is -2.16. The predicted octanol–water partition coefficient (Wildman–Crippen LogP) is 1.51. The summed E-state index contributed by atoms with van der Waals surface area (Å²) in [6.45, 7) is 7.81. The Balaban J connectivity index is 4.01. The first-order chi connectivity index (χ1) is 7.45. The molecule has 0 aliphatic carbocycles. The fraction of sp³-hybridized carbons (Fsp3) is 0.636. The van der Waals surface area contributed by atoms with E-state index < -0.39 is 5.97 Å². The normalized spacial score (nSPS) is 11.6. The maximum atomic E-state index is 11.4. The van der Waals surface area contributed by atoms with E-state index in [1.807, 2.05) is 6.92 Å². The van der Waals surface area contributed by atoms with E-state index in [2.05, 4.69) is 17.2 Å². The van der Waals surface area contributed by atoms with Gasteiger partial charge >= 0.3 is 12.0 Å². The average molecular weight is 228 g/mol. The third kappa shape index (κ3) is 7.84. The van der Waals surface area contributed by atoms with Crippen molar-refractivity contribution in [2.24, 2.45) is 0 Å². The summed E-state index contributed by atoms with van der Waals surface area (Å²) in [5.74, 6) is -0.904. The van der Waals surface area contributed by atoms with Crippen LogP contribution in [0.25, 0.3) is 0 Å². The lowest BCUT2D eigenvalue weighted by Crippen LogP contribution is -2.43. The van der Waals surface area contributed by atoms with E-state index in [0.717, 1.165) is 12.0 Å². The van der Waals surface area contributed by atoms with Crippen molar-refractivity contribution in [3.05, 3.63) is 12.2 Å². The van der Waals surface area contributed by atoms with Crippen molar-refractivity contribution < 1.29 is 14.7 Å². The molecule has 0 aromatic rings. The number of carbonyl (C=O) groups excluding carboxylic acids is 1. The number of carbonyl (C=O) groups is 2. The molecule has 5 heteroatoms. The van der Waals surface area contributed by atoms with E-state index in [4.69, 9.17) is 5.11 Å². The van der Waals surface area contributed by atoms with Crippen LogP contribution in [0.4, 0.5) is 4.79 Å². The molecule has 0 aromatic heterocycles. The molecule has 5 nitrogen and oxygen atoms in total. The molecule has 0 rings (SSSR count). The number of hydrogen-bond donors (Lipinski definition) is 3. The van der Waals surface area contributed by atoms with E-state index in [0.29, 0.717) is 13.0 Å². The van der Waals surface area contributed by atoms with Crippen LogP contribution in [0.1, 0.15) is 33.1 Å². The van der Waals surface area contributed by atoms with Gasteiger partial charge in [0.05, 0.1) is 6.42 Å². The molecule has 1 atom stereocenters. The fourth-order valence-electron chi connectivity index (χ4n) is 1.25. The second-order valence-electron chi connectivity index (χ2n) is 3.87. The minimum Gasteiger partial charge on any atom is -0.481 e. The van der Waals surface area contributed by atoms with Gasteiger partial charge in [-0.3, -0.25) is 4.79 Å². The topological polar surface area (TPSA) is 78.4 Å². The summed E-state index contributed by atoms with van der Waals surface area (Å²) in [6.07, 6.45) is 1.44. The van der Waals surface area contributed by atoms with Gasteiger partial charge in [-0.15, -0.1) is 0 Å². The van der Waals surface area contributed by atoms with Gasteiger partial charge in [0.1, 0.15) is 0 Å². The maximum Gasteiger partial charge on any atom is 0.315 e. The summed E-state index contributed by atoms with van der Waals surface area (Å²) in [4.78, 5) is 21.9. The number of aliphatic carboxylic acids is 1. The Labute approximate surface area is 95.9 Å². The first-order valence-electron chi connectivity index (χ1n) is 5.36. The summed E-state index contributed by atoms with van der Waals surface area (Å²) in [6, 6.07) is -0.657. The van der Waals surface area contributed by atoms with Gasteiger partial charge < -0.3 is 15.7 Å². The van der Waals surface area contributed by atoms with Crippen LogP contribution in [0.2, 0.25) is 0 Å². The van der Waals surface area contributed by atoms with Crippen molar-refractivity contribution in [1.29, 1.82) is 0 Å². The zero-order chi connectivity index (χ0) is 12.6. The van der Waals surface area contributed by atoms with E-state index in [1.54, 1.807) is 6.92 Å². The summed E-state index contributed by atoms with van der Waals surface area (Å²) in [7, 11) is 0. The number of hydrogen-bond acceptors (Lipinski definition) is 2. The molecule has 0 aliphatic heterocycles. The zero-order valence-corrected chi connectivity index (χ0v) is 9.88. The molecule has 0 saturated carbocycles. The largest absolute Gasteiger partial charge is 0.481 e. The number of nitrogens with one attached hydrogen (secondary N) is 2. The average Bonchev–Trinajstić information content (AvgIpc) is 2.14. The fourth-order valence-corrected chi connectivity index (χ4v) is 1.25. The molecule has 16 heavy (non-hydrogen) atoms. The van der Waals surface area contributed by atoms with Gasteiger partial charge in [-0.05, 0) is 13.3 Å². The molecule has 2 amide bonds. The number of carboxylic acid groups (broad SMARTS) is 1. The lowest BCUT2D eigenvalue weighted by atomic mass is 10.1. The molecule has 0 aliphatic rings. The molecule has 92 valence electrons. The molecule has 0 heterocycles. The number of amides is 2. The highest BCUT2D eigenvalue weighted by molar-refractivity contribution is 5.75. The van der Waals surface area contributed by atoms with Crippen molar-refractivity contribution in [3.8, 4) is 0 Å². The Hall–Kier alpha value is -1.52. The van der Waals surface area contributed by atoms with Crippen molar-refractivity contribution in [2.45, 2.75) is 39.2 Å². The van der Waals surface area contributed by atoms with Crippen LogP contribution in [-0.2, 0) is 4.79 Å². The number of urea groups is 1. The molecule has 3 N–H and O–H groups in total. The molecular weight excluding hydrogens is 208 g/mol. The third-order valence-electron chi connectivity index (χ3n) is 1.94. The SMILES string of the molecule is C=C(C)CNC(=O)NC(CCC)CC(=O)O. The predicted molar refractivity (Wildman–Crippen MR) is 62.3 cm³/mol. The molecule has 0 radical (unpaired) electrons. The summed E-state index contributed by atoms with van der Waals surface area (Å²) in [5.41, 5.74) is 0.848. The van der Waals surface area contributed by atoms with Gasteiger partial charge in [0.2, 0.25) is 0 Å². The van der Waals surface area contributed by atoms with Crippen molar-refractivity contribution >= 4 is 12.0 Å². The van der Waals surface area contributed by atoms with E-state index in [-0.39, 0.29) is 18.5 Å². The van der Waals surface area contributed by atoms with Gasteiger partial charge in [-0.2, -0.15) is 0 Å². The highest BCUT2D eigenvalue weighted by Gasteiger charge is 2.14. The second kappa shape index (κ2) is 7.73. The Morgan fingerprint density at radius 3 is 2.50 bits per heavy atom. The van der Waals surface area contributed by atoms with Crippen LogP contribution in [0.15, 0.2) is 12.2 Å². The van der Waals surface area contributed by atoms with Gasteiger partial charge in [-0.1, -0.05) is 25.5 Å². The minimum atomic E-state index is -0.904. The third-order valence-corrected chi connectivity index (χ3v) is 1.94. The van der Waals surface area contributed by atoms with Crippen LogP contribution in [0.5, 0.6) is 0 Å². The maximum absolute atomic E-state index is 11.4. The standard InChI is InChI=1S/C11H20N2O3/c1-4-5-9(6-10(14)15)13-11(16)12-7-8(2)3/h9H,2,4-7H2,1,3H3,(H,14,15)(H2,12,13,16). The van der Waals surface area contributed by atoms with Gasteiger partial charge in [0.25, 0.3) is 0 Å². The van der Waals surface area contributed by atoms with Crippen molar-refractivity contribution in [1.82, 2.24) is 10.6 Å². The Kier molecular flexibility index (Phi) is 7.00. The van der Waals surface area contributed by atoms with Gasteiger partial charge in [-0.25, -0.2) is 4.79 Å². The number of carboxylic acids is 1. The summed E-state index contributed by atoms with van der Waals surface area (Å²) >= 11 is 0. The molecule has 0 aromatic carbocycles. The molecule has 1 unspecified atom stereocenters.